The van der Waals surface area contributed by atoms with Crippen LogP contribution in [-0.2, 0) is 0 Å². The summed E-state index contributed by atoms with van der Waals surface area (Å²) in [5.74, 6) is 0.0361. The van der Waals surface area contributed by atoms with Crippen molar-refractivity contribution in [3.8, 4) is 0 Å². The number of rotatable bonds is 5. The Bertz CT molecular complexity index is 591. The molecule has 2 aromatic heterocycles. The van der Waals surface area contributed by atoms with E-state index in [1.54, 1.807) is 23.5 Å². The average Bonchev–Trinajstić information content (AvgIpc) is 3.21. The number of hydrogen-bond acceptors (Lipinski definition) is 4. The molecule has 112 valence electrons. The van der Waals surface area contributed by atoms with E-state index >= 15 is 0 Å². The molecule has 4 nitrogen and oxygen atoms in total. The molecular formula is C15H17ClN2O2S. The molecule has 0 bridgehead atoms. The smallest absolute Gasteiger partial charge is 0.287 e. The van der Waals surface area contributed by atoms with E-state index in [1.807, 2.05) is 0 Å². The average molecular weight is 325 g/mol. The van der Waals surface area contributed by atoms with Gasteiger partial charge < -0.3 is 9.73 Å². The van der Waals surface area contributed by atoms with E-state index in [-0.39, 0.29) is 22.9 Å². The van der Waals surface area contributed by atoms with Crippen LogP contribution in [0.2, 0.25) is 5.22 Å². The van der Waals surface area contributed by atoms with Crippen LogP contribution in [0.1, 0.15) is 34.3 Å². The molecule has 0 aliphatic carbocycles. The van der Waals surface area contributed by atoms with Crippen molar-refractivity contribution < 1.29 is 9.21 Å². The van der Waals surface area contributed by atoms with Gasteiger partial charge in [-0.2, -0.15) is 0 Å². The van der Waals surface area contributed by atoms with Crippen molar-refractivity contribution in [1.82, 2.24) is 10.2 Å². The highest BCUT2D eigenvalue weighted by atomic mass is 35.5. The number of nitrogens with one attached hydrogen (secondary N) is 1. The molecule has 0 aromatic carbocycles. The first-order chi connectivity index (χ1) is 10.2. The summed E-state index contributed by atoms with van der Waals surface area (Å²) >= 11 is 7.43. The maximum absolute atomic E-state index is 12.1. The van der Waals surface area contributed by atoms with E-state index in [9.17, 15) is 4.79 Å². The Morgan fingerprint density at radius 1 is 1.38 bits per heavy atom. The van der Waals surface area contributed by atoms with E-state index < -0.39 is 0 Å². The van der Waals surface area contributed by atoms with Crippen molar-refractivity contribution in [3.05, 3.63) is 45.5 Å². The highest BCUT2D eigenvalue weighted by Gasteiger charge is 2.25. The van der Waals surface area contributed by atoms with E-state index in [0.29, 0.717) is 6.54 Å². The topological polar surface area (TPSA) is 45.5 Å². The first-order valence-corrected chi connectivity index (χ1v) is 8.31. The van der Waals surface area contributed by atoms with Gasteiger partial charge in [-0.3, -0.25) is 9.69 Å². The van der Waals surface area contributed by atoms with Crippen LogP contribution < -0.4 is 5.32 Å². The highest BCUT2D eigenvalue weighted by Crippen LogP contribution is 2.28. The lowest BCUT2D eigenvalue weighted by molar-refractivity contribution is 0.0911. The third-order valence-corrected chi connectivity index (χ3v) is 4.88. The van der Waals surface area contributed by atoms with Gasteiger partial charge in [0.2, 0.25) is 0 Å². The number of carbonyl (C=O) groups is 1. The van der Waals surface area contributed by atoms with Crippen molar-refractivity contribution in [2.75, 3.05) is 19.6 Å². The quantitative estimate of drug-likeness (QED) is 0.914. The largest absolute Gasteiger partial charge is 0.440 e. The SMILES string of the molecule is O=C(NC[C@H](c1cccs1)N1CCCC1)c1ccc(Cl)o1. The fraction of sp³-hybridized carbons (Fsp3) is 0.400. The zero-order valence-electron chi connectivity index (χ0n) is 11.5. The lowest BCUT2D eigenvalue weighted by atomic mass is 10.2. The molecule has 0 radical (unpaired) electrons. The Morgan fingerprint density at radius 3 is 2.81 bits per heavy atom. The normalized spacial score (nSPS) is 17.0. The van der Waals surface area contributed by atoms with Crippen molar-refractivity contribution in [3.63, 3.8) is 0 Å². The minimum absolute atomic E-state index is 0.220. The molecule has 1 aliphatic heterocycles. The highest BCUT2D eigenvalue weighted by molar-refractivity contribution is 7.10. The van der Waals surface area contributed by atoms with Gasteiger partial charge in [-0.25, -0.2) is 0 Å². The van der Waals surface area contributed by atoms with E-state index in [2.05, 4.69) is 27.7 Å². The monoisotopic (exact) mass is 324 g/mol. The zero-order valence-corrected chi connectivity index (χ0v) is 13.1. The summed E-state index contributed by atoms with van der Waals surface area (Å²) in [6.07, 6.45) is 2.45. The van der Waals surface area contributed by atoms with Gasteiger partial charge in [0, 0.05) is 11.4 Å². The van der Waals surface area contributed by atoms with Gasteiger partial charge in [0.25, 0.3) is 5.91 Å². The van der Waals surface area contributed by atoms with E-state index in [0.717, 1.165) is 13.1 Å². The van der Waals surface area contributed by atoms with Gasteiger partial charge in [-0.05, 0) is 61.1 Å². The Morgan fingerprint density at radius 2 is 2.19 bits per heavy atom. The summed E-state index contributed by atoms with van der Waals surface area (Å²) in [5.41, 5.74) is 0. The molecular weight excluding hydrogens is 308 g/mol. The number of thiophene rings is 1. The lowest BCUT2D eigenvalue weighted by Gasteiger charge is -2.26. The third-order valence-electron chi connectivity index (χ3n) is 3.71. The summed E-state index contributed by atoms with van der Waals surface area (Å²) in [4.78, 5) is 15.8. The maximum Gasteiger partial charge on any atom is 0.287 e. The lowest BCUT2D eigenvalue weighted by Crippen LogP contribution is -2.36. The number of carbonyl (C=O) groups excluding carboxylic acids is 1. The van der Waals surface area contributed by atoms with Crippen molar-refractivity contribution >= 4 is 28.8 Å². The van der Waals surface area contributed by atoms with Crippen LogP contribution in [0.5, 0.6) is 0 Å². The molecule has 1 N–H and O–H groups in total. The molecule has 0 unspecified atom stereocenters. The molecule has 1 saturated heterocycles. The van der Waals surface area contributed by atoms with Crippen molar-refractivity contribution in [2.24, 2.45) is 0 Å². The molecule has 0 saturated carbocycles. The van der Waals surface area contributed by atoms with Gasteiger partial charge in [-0.15, -0.1) is 11.3 Å². The van der Waals surface area contributed by atoms with Gasteiger partial charge in [-0.1, -0.05) is 6.07 Å². The molecule has 21 heavy (non-hydrogen) atoms. The molecule has 1 atom stereocenters. The Kier molecular flexibility index (Phi) is 4.63. The molecule has 1 fully saturated rings. The molecule has 3 heterocycles. The van der Waals surface area contributed by atoms with Crippen LogP contribution in [0.15, 0.2) is 34.1 Å². The minimum atomic E-state index is -0.220. The number of halogens is 1. The summed E-state index contributed by atoms with van der Waals surface area (Å²) in [5, 5.41) is 5.26. The first kappa shape index (κ1) is 14.6. The van der Waals surface area contributed by atoms with Gasteiger partial charge in [0.05, 0.1) is 6.04 Å². The Hall–Kier alpha value is -1.30. The molecule has 1 amide bonds. The molecule has 6 heteroatoms. The van der Waals surface area contributed by atoms with Gasteiger partial charge >= 0.3 is 0 Å². The standard InChI is InChI=1S/C15H17ClN2O2S/c16-14-6-5-12(20-14)15(19)17-10-11(13-4-3-9-21-13)18-7-1-2-8-18/h3-6,9,11H,1-2,7-8,10H2,(H,17,19)/t11-/m1/s1. The summed E-state index contributed by atoms with van der Waals surface area (Å²) in [6.45, 7) is 2.76. The van der Waals surface area contributed by atoms with E-state index in [4.69, 9.17) is 16.0 Å². The molecule has 1 aliphatic rings. The predicted molar refractivity (Wildman–Crippen MR) is 83.9 cm³/mol. The summed E-state index contributed by atoms with van der Waals surface area (Å²) in [6, 6.07) is 7.59. The zero-order chi connectivity index (χ0) is 14.7. The summed E-state index contributed by atoms with van der Waals surface area (Å²) in [7, 11) is 0. The van der Waals surface area contributed by atoms with Crippen molar-refractivity contribution in [1.29, 1.82) is 0 Å². The number of likely N-dealkylation sites (tertiary alicyclic amines) is 1. The predicted octanol–water partition coefficient (Wildman–Crippen LogP) is 3.56. The van der Waals surface area contributed by atoms with Crippen LogP contribution in [0.25, 0.3) is 0 Å². The van der Waals surface area contributed by atoms with Crippen LogP contribution in [0.3, 0.4) is 0 Å². The maximum atomic E-state index is 12.1. The van der Waals surface area contributed by atoms with Gasteiger partial charge in [0.15, 0.2) is 11.0 Å². The Labute approximate surface area is 132 Å². The summed E-state index contributed by atoms with van der Waals surface area (Å²) < 4.78 is 5.14. The van der Waals surface area contributed by atoms with Crippen LogP contribution in [0.4, 0.5) is 0 Å². The number of amides is 1. The number of furan rings is 1. The first-order valence-electron chi connectivity index (χ1n) is 7.05. The van der Waals surface area contributed by atoms with Gasteiger partial charge in [0.1, 0.15) is 0 Å². The minimum Gasteiger partial charge on any atom is -0.440 e. The fourth-order valence-corrected chi connectivity index (χ4v) is 3.66. The van der Waals surface area contributed by atoms with E-state index in [1.165, 1.54) is 17.7 Å². The fourth-order valence-electron chi connectivity index (χ4n) is 2.66. The second kappa shape index (κ2) is 6.64. The number of hydrogen-bond donors (Lipinski definition) is 1. The van der Waals surface area contributed by atoms with Crippen molar-refractivity contribution in [2.45, 2.75) is 18.9 Å². The molecule has 2 aromatic rings. The molecule has 3 rings (SSSR count). The third kappa shape index (κ3) is 3.48. The second-order valence-electron chi connectivity index (χ2n) is 5.09. The molecule has 0 spiro atoms. The van der Waals surface area contributed by atoms with Crippen LogP contribution >= 0.6 is 22.9 Å². The Balaban J connectivity index is 1.66. The van der Waals surface area contributed by atoms with Crippen LogP contribution in [0, 0.1) is 0 Å². The number of nitrogens with zero attached hydrogens (tertiary/aromatic N) is 1. The second-order valence-corrected chi connectivity index (χ2v) is 6.44. The van der Waals surface area contributed by atoms with Crippen LogP contribution in [-0.4, -0.2) is 30.4 Å².